The lowest BCUT2D eigenvalue weighted by atomic mass is 9.86. The molecule has 1 aliphatic rings. The number of carbonyl (C=O) groups is 1. The lowest BCUT2D eigenvalue weighted by Crippen LogP contribution is -2.57. The van der Waals surface area contributed by atoms with Gasteiger partial charge < -0.3 is 16.0 Å². The number of nitrogens with one attached hydrogen (secondary N) is 1. The quantitative estimate of drug-likeness (QED) is 0.820. The normalized spacial score (nSPS) is 19.4. The number of halogens is 2. The Morgan fingerprint density at radius 1 is 1.38 bits per heavy atom. The van der Waals surface area contributed by atoms with E-state index in [0.717, 1.165) is 13.1 Å². The van der Waals surface area contributed by atoms with E-state index in [2.05, 4.69) is 37.1 Å². The molecule has 1 atom stereocenters. The van der Waals surface area contributed by atoms with Crippen LogP contribution in [0.4, 0.5) is 0 Å². The summed E-state index contributed by atoms with van der Waals surface area (Å²) in [5.74, 6) is -0.207. The molecule has 3 N–H and O–H groups in total. The number of carbonyl (C=O) groups excluding carboxylic acids is 1. The first-order valence-corrected chi connectivity index (χ1v) is 6.85. The molecule has 0 radical (unpaired) electrons. The predicted molar refractivity (Wildman–Crippen MR) is 89.8 cm³/mol. The van der Waals surface area contributed by atoms with Crippen LogP contribution in [-0.2, 0) is 4.79 Å². The number of nitrogens with zero attached hydrogens (tertiary/aromatic N) is 2. The number of rotatable bonds is 3. The van der Waals surface area contributed by atoms with Gasteiger partial charge in [0.2, 0.25) is 5.91 Å². The van der Waals surface area contributed by atoms with E-state index in [4.69, 9.17) is 5.73 Å². The maximum Gasteiger partial charge on any atom is 0.238 e. The predicted octanol–water partition coefficient (Wildman–Crippen LogP) is 1.70. The second kappa shape index (κ2) is 8.79. The molecule has 21 heavy (non-hydrogen) atoms. The Bertz CT molecular complexity index is 368. The second-order valence-electron chi connectivity index (χ2n) is 6.86. The summed E-state index contributed by atoms with van der Waals surface area (Å²) in [4.78, 5) is 14.3. The zero-order chi connectivity index (χ0) is 14.7. The monoisotopic (exact) mass is 338 g/mol. The van der Waals surface area contributed by atoms with Gasteiger partial charge in [-0.05, 0) is 31.7 Å². The van der Waals surface area contributed by atoms with Gasteiger partial charge in [0.05, 0.1) is 12.1 Å². The fraction of sp³-hybridized carbons (Fsp3) is 0.857. The Hall–Kier alpha value is -0.540. The van der Waals surface area contributed by atoms with Gasteiger partial charge in [0.15, 0.2) is 0 Å². The summed E-state index contributed by atoms with van der Waals surface area (Å²) in [6.07, 6.45) is 1.93. The smallest absolute Gasteiger partial charge is 0.238 e. The van der Waals surface area contributed by atoms with E-state index < -0.39 is 11.6 Å². The van der Waals surface area contributed by atoms with Crippen molar-refractivity contribution in [3.8, 4) is 6.07 Å². The molecule has 1 aliphatic heterocycles. The Morgan fingerprint density at radius 3 is 2.24 bits per heavy atom. The summed E-state index contributed by atoms with van der Waals surface area (Å²) in [5, 5.41) is 12.2. The topological polar surface area (TPSA) is 82.2 Å². The molecule has 1 fully saturated rings. The number of nitriles is 1. The third-order valence-corrected chi connectivity index (χ3v) is 3.59. The Labute approximate surface area is 140 Å². The average Bonchev–Trinajstić information content (AvgIpc) is 2.30. The van der Waals surface area contributed by atoms with Crippen molar-refractivity contribution in [2.45, 2.75) is 51.6 Å². The molecule has 0 bridgehead atoms. The Balaban J connectivity index is 0. The van der Waals surface area contributed by atoms with Crippen LogP contribution in [0.5, 0.6) is 0 Å². The summed E-state index contributed by atoms with van der Waals surface area (Å²) >= 11 is 0. The van der Waals surface area contributed by atoms with Crippen molar-refractivity contribution in [3.05, 3.63) is 0 Å². The Morgan fingerprint density at radius 2 is 1.86 bits per heavy atom. The van der Waals surface area contributed by atoms with Gasteiger partial charge >= 0.3 is 0 Å². The highest BCUT2D eigenvalue weighted by Crippen LogP contribution is 2.23. The molecule has 1 saturated heterocycles. The molecule has 7 heteroatoms. The summed E-state index contributed by atoms with van der Waals surface area (Å²) in [6, 6.07) is 1.72. The van der Waals surface area contributed by atoms with E-state index in [1.54, 1.807) is 0 Å². The van der Waals surface area contributed by atoms with Crippen LogP contribution >= 0.6 is 24.8 Å². The number of amides is 1. The van der Waals surface area contributed by atoms with E-state index >= 15 is 0 Å². The first kappa shape index (κ1) is 22.7. The SMILES string of the molecule is CN1CCC(C#N)(NC(=O)C(N)CC(C)(C)C)CC1.Cl.Cl. The van der Waals surface area contributed by atoms with Gasteiger partial charge in [-0.2, -0.15) is 5.26 Å². The molecule has 1 amide bonds. The summed E-state index contributed by atoms with van der Waals surface area (Å²) in [6.45, 7) is 7.80. The third-order valence-electron chi connectivity index (χ3n) is 3.59. The molecule has 1 heterocycles. The Kier molecular flexibility index (Phi) is 9.52. The molecular weight excluding hydrogens is 311 g/mol. The summed E-state index contributed by atoms with van der Waals surface area (Å²) in [5.41, 5.74) is 5.20. The highest BCUT2D eigenvalue weighted by molar-refractivity contribution is 5.85. The van der Waals surface area contributed by atoms with Crippen LogP contribution in [0.2, 0.25) is 0 Å². The van der Waals surface area contributed by atoms with Gasteiger partial charge in [-0.3, -0.25) is 4.79 Å². The lowest BCUT2D eigenvalue weighted by Gasteiger charge is -2.37. The van der Waals surface area contributed by atoms with Gasteiger partial charge in [-0.15, -0.1) is 24.8 Å². The minimum Gasteiger partial charge on any atom is -0.336 e. The third kappa shape index (κ3) is 7.32. The molecular formula is C14H28Cl2N4O. The number of hydrogen-bond donors (Lipinski definition) is 2. The first-order valence-electron chi connectivity index (χ1n) is 6.85. The van der Waals surface area contributed by atoms with Crippen molar-refractivity contribution in [3.63, 3.8) is 0 Å². The average molecular weight is 339 g/mol. The van der Waals surface area contributed by atoms with Gasteiger partial charge in [0, 0.05) is 13.1 Å². The highest BCUT2D eigenvalue weighted by Gasteiger charge is 2.36. The minimum absolute atomic E-state index is 0. The van der Waals surface area contributed by atoms with E-state index in [-0.39, 0.29) is 36.1 Å². The number of piperidine rings is 1. The second-order valence-corrected chi connectivity index (χ2v) is 6.86. The van der Waals surface area contributed by atoms with E-state index in [0.29, 0.717) is 19.3 Å². The van der Waals surface area contributed by atoms with Gasteiger partial charge in [-0.1, -0.05) is 20.8 Å². The minimum atomic E-state index is -0.737. The van der Waals surface area contributed by atoms with Crippen molar-refractivity contribution >= 4 is 30.7 Å². The number of nitrogens with two attached hydrogens (primary N) is 1. The van der Waals surface area contributed by atoms with Crippen LogP contribution < -0.4 is 11.1 Å². The summed E-state index contributed by atoms with van der Waals surface area (Å²) < 4.78 is 0. The largest absolute Gasteiger partial charge is 0.336 e. The van der Waals surface area contributed by atoms with Crippen LogP contribution in [0.15, 0.2) is 0 Å². The van der Waals surface area contributed by atoms with E-state index in [1.165, 1.54) is 0 Å². The van der Waals surface area contributed by atoms with Crippen molar-refractivity contribution < 1.29 is 4.79 Å². The van der Waals surface area contributed by atoms with E-state index in [1.807, 2.05) is 7.05 Å². The molecule has 0 aliphatic carbocycles. The first-order chi connectivity index (χ1) is 8.67. The van der Waals surface area contributed by atoms with Crippen LogP contribution in [0.1, 0.15) is 40.0 Å². The van der Waals surface area contributed by atoms with Crippen molar-refractivity contribution in [2.75, 3.05) is 20.1 Å². The van der Waals surface area contributed by atoms with Gasteiger partial charge in [-0.25, -0.2) is 0 Å². The fourth-order valence-corrected chi connectivity index (χ4v) is 2.35. The molecule has 0 aromatic carbocycles. The molecule has 0 aromatic heterocycles. The number of likely N-dealkylation sites (tertiary alicyclic amines) is 1. The van der Waals surface area contributed by atoms with Gasteiger partial charge in [0.25, 0.3) is 0 Å². The molecule has 0 spiro atoms. The van der Waals surface area contributed by atoms with Crippen molar-refractivity contribution in [1.29, 1.82) is 5.26 Å². The molecule has 124 valence electrons. The van der Waals surface area contributed by atoms with Crippen LogP contribution in [0, 0.1) is 16.7 Å². The maximum absolute atomic E-state index is 12.1. The van der Waals surface area contributed by atoms with Crippen LogP contribution in [-0.4, -0.2) is 42.5 Å². The van der Waals surface area contributed by atoms with Crippen molar-refractivity contribution in [1.82, 2.24) is 10.2 Å². The molecule has 5 nitrogen and oxygen atoms in total. The zero-order valence-corrected chi connectivity index (χ0v) is 14.9. The molecule has 0 aromatic rings. The molecule has 1 rings (SSSR count). The van der Waals surface area contributed by atoms with Crippen LogP contribution in [0.25, 0.3) is 0 Å². The van der Waals surface area contributed by atoms with Gasteiger partial charge in [0.1, 0.15) is 5.54 Å². The van der Waals surface area contributed by atoms with E-state index in [9.17, 15) is 10.1 Å². The lowest BCUT2D eigenvalue weighted by molar-refractivity contribution is -0.124. The van der Waals surface area contributed by atoms with Crippen molar-refractivity contribution in [2.24, 2.45) is 11.1 Å². The summed E-state index contributed by atoms with van der Waals surface area (Å²) in [7, 11) is 2.02. The molecule has 0 saturated carbocycles. The maximum atomic E-state index is 12.1. The fourth-order valence-electron chi connectivity index (χ4n) is 2.35. The highest BCUT2D eigenvalue weighted by atomic mass is 35.5. The number of hydrogen-bond acceptors (Lipinski definition) is 4. The standard InChI is InChI=1S/C14H26N4O.2ClH/c1-13(2,3)9-11(16)12(19)17-14(10-15)5-7-18(4)8-6-14;;/h11H,5-9,16H2,1-4H3,(H,17,19);2*1H. The van der Waals surface area contributed by atoms with Crippen LogP contribution in [0.3, 0.4) is 0 Å². The molecule has 1 unspecified atom stereocenters. The zero-order valence-electron chi connectivity index (χ0n) is 13.3.